The van der Waals surface area contributed by atoms with Crippen molar-refractivity contribution in [2.75, 3.05) is 44.3 Å². The Morgan fingerprint density at radius 3 is 2.50 bits per heavy atom. The van der Waals surface area contributed by atoms with Crippen molar-refractivity contribution in [3.63, 3.8) is 0 Å². The lowest BCUT2D eigenvalue weighted by Gasteiger charge is -2.35. The number of rotatable bonds is 4. The minimum atomic E-state index is -0.429. The van der Waals surface area contributed by atoms with Gasteiger partial charge in [-0.1, -0.05) is 6.07 Å². The number of aromatic nitrogens is 1. The third kappa shape index (κ3) is 3.55. The Balaban J connectivity index is 1.34. The third-order valence-electron chi connectivity index (χ3n) is 4.65. The van der Waals surface area contributed by atoms with E-state index in [4.69, 9.17) is 9.47 Å². The lowest BCUT2D eigenvalue weighted by atomic mass is 10.1. The van der Waals surface area contributed by atoms with Gasteiger partial charge >= 0.3 is 0 Å². The molecule has 0 aliphatic carbocycles. The first-order valence-electron chi connectivity index (χ1n) is 8.65. The highest BCUT2D eigenvalue weighted by Crippen LogP contribution is 2.31. The predicted molar refractivity (Wildman–Crippen MR) is 95.8 cm³/mol. The Hall–Kier alpha value is -2.87. The molecule has 0 radical (unpaired) electrons. The number of fused-ring (bicyclic) bond motifs is 1. The van der Waals surface area contributed by atoms with Crippen LogP contribution in [0.5, 0.6) is 11.5 Å². The van der Waals surface area contributed by atoms with Gasteiger partial charge in [-0.05, 0) is 23.8 Å². The number of hydrogen-bond acceptors (Lipinski definition) is 7. The summed E-state index contributed by atoms with van der Waals surface area (Å²) in [6, 6.07) is 9.33. The summed E-state index contributed by atoms with van der Waals surface area (Å²) in [5, 5.41) is 10.7. The summed E-state index contributed by atoms with van der Waals surface area (Å²) in [5.41, 5.74) is 1.22. The number of anilines is 1. The highest BCUT2D eigenvalue weighted by Gasteiger charge is 2.20. The SMILES string of the molecule is O=[N+]([O-])c1ccc(N2CCN(Cc3ccc4c(c3)OCCO4)CC2)nc1. The average Bonchev–Trinajstić information content (AvgIpc) is 2.68. The van der Waals surface area contributed by atoms with Crippen LogP contribution in [0, 0.1) is 10.1 Å². The minimum absolute atomic E-state index is 0.0194. The van der Waals surface area contributed by atoms with Gasteiger partial charge in [0, 0.05) is 38.8 Å². The summed E-state index contributed by atoms with van der Waals surface area (Å²) in [5.74, 6) is 2.42. The standard InChI is InChI=1S/C18H20N4O4/c23-22(24)15-2-4-18(19-12-15)21-7-5-20(6-8-21)13-14-1-3-16-17(11-14)26-10-9-25-16/h1-4,11-12H,5-10,13H2. The second-order valence-corrected chi connectivity index (χ2v) is 6.37. The smallest absolute Gasteiger partial charge is 0.287 e. The first-order valence-corrected chi connectivity index (χ1v) is 8.65. The van der Waals surface area contributed by atoms with Crippen molar-refractivity contribution in [1.82, 2.24) is 9.88 Å². The minimum Gasteiger partial charge on any atom is -0.486 e. The maximum absolute atomic E-state index is 10.7. The van der Waals surface area contributed by atoms with Crippen molar-refractivity contribution in [3.8, 4) is 11.5 Å². The maximum Gasteiger partial charge on any atom is 0.287 e. The van der Waals surface area contributed by atoms with E-state index in [0.717, 1.165) is 50.0 Å². The van der Waals surface area contributed by atoms with Gasteiger partial charge in [0.1, 0.15) is 25.2 Å². The van der Waals surface area contributed by atoms with Crippen LogP contribution in [0.25, 0.3) is 0 Å². The second kappa shape index (κ2) is 7.17. The van der Waals surface area contributed by atoms with E-state index in [9.17, 15) is 10.1 Å². The number of hydrogen-bond donors (Lipinski definition) is 0. The molecule has 26 heavy (non-hydrogen) atoms. The summed E-state index contributed by atoms with van der Waals surface area (Å²) in [7, 11) is 0. The van der Waals surface area contributed by atoms with E-state index in [2.05, 4.69) is 26.9 Å². The number of nitro groups is 1. The average molecular weight is 356 g/mol. The van der Waals surface area contributed by atoms with Crippen molar-refractivity contribution in [2.45, 2.75) is 6.54 Å². The van der Waals surface area contributed by atoms with Gasteiger partial charge in [0.05, 0.1) is 4.92 Å². The maximum atomic E-state index is 10.7. The molecule has 2 aromatic rings. The predicted octanol–water partition coefficient (Wildman–Crippen LogP) is 2.08. The van der Waals surface area contributed by atoms with E-state index in [1.807, 2.05) is 6.07 Å². The van der Waals surface area contributed by atoms with Crippen LogP contribution in [-0.2, 0) is 6.54 Å². The van der Waals surface area contributed by atoms with Crippen molar-refractivity contribution in [3.05, 3.63) is 52.2 Å². The molecule has 2 aliphatic rings. The molecule has 0 spiro atoms. The largest absolute Gasteiger partial charge is 0.486 e. The molecule has 1 fully saturated rings. The Labute approximate surface area is 151 Å². The first kappa shape index (κ1) is 16.6. The number of piperazine rings is 1. The molecule has 1 saturated heterocycles. The normalized spacial score (nSPS) is 17.2. The molecule has 8 heteroatoms. The lowest BCUT2D eigenvalue weighted by Crippen LogP contribution is -2.46. The zero-order valence-electron chi connectivity index (χ0n) is 14.3. The van der Waals surface area contributed by atoms with Crippen LogP contribution in [0.15, 0.2) is 36.5 Å². The zero-order chi connectivity index (χ0) is 17.9. The first-order chi connectivity index (χ1) is 12.7. The molecule has 8 nitrogen and oxygen atoms in total. The Bertz CT molecular complexity index is 788. The summed E-state index contributed by atoms with van der Waals surface area (Å²) < 4.78 is 11.2. The van der Waals surface area contributed by atoms with Crippen LogP contribution in [0.3, 0.4) is 0 Å². The molecule has 4 rings (SSSR count). The van der Waals surface area contributed by atoms with Gasteiger partial charge < -0.3 is 14.4 Å². The van der Waals surface area contributed by atoms with Crippen LogP contribution >= 0.6 is 0 Å². The van der Waals surface area contributed by atoms with Crippen LogP contribution < -0.4 is 14.4 Å². The fraction of sp³-hybridized carbons (Fsp3) is 0.389. The third-order valence-corrected chi connectivity index (χ3v) is 4.65. The van der Waals surface area contributed by atoms with Gasteiger partial charge in [-0.25, -0.2) is 4.98 Å². The molecule has 0 N–H and O–H groups in total. The van der Waals surface area contributed by atoms with Gasteiger partial charge in [0.15, 0.2) is 11.5 Å². The molecule has 0 unspecified atom stereocenters. The fourth-order valence-electron chi connectivity index (χ4n) is 3.25. The van der Waals surface area contributed by atoms with Crippen molar-refractivity contribution in [2.24, 2.45) is 0 Å². The molecule has 0 saturated carbocycles. The van der Waals surface area contributed by atoms with Crippen LogP contribution in [0.1, 0.15) is 5.56 Å². The number of benzene rings is 1. The van der Waals surface area contributed by atoms with E-state index in [1.54, 1.807) is 6.07 Å². The Kier molecular flexibility index (Phi) is 4.57. The molecular formula is C18H20N4O4. The monoisotopic (exact) mass is 356 g/mol. The molecule has 3 heterocycles. The highest BCUT2D eigenvalue weighted by molar-refractivity contribution is 5.44. The molecule has 0 bridgehead atoms. The highest BCUT2D eigenvalue weighted by atomic mass is 16.6. The van der Waals surface area contributed by atoms with Crippen molar-refractivity contribution < 1.29 is 14.4 Å². The Morgan fingerprint density at radius 2 is 1.81 bits per heavy atom. The van der Waals surface area contributed by atoms with Gasteiger partial charge in [0.2, 0.25) is 0 Å². The Morgan fingerprint density at radius 1 is 1.04 bits per heavy atom. The fourth-order valence-corrected chi connectivity index (χ4v) is 3.25. The molecule has 1 aromatic heterocycles. The van der Waals surface area contributed by atoms with Crippen molar-refractivity contribution >= 4 is 11.5 Å². The summed E-state index contributed by atoms with van der Waals surface area (Å²) >= 11 is 0. The van der Waals surface area contributed by atoms with Gasteiger partial charge in [-0.2, -0.15) is 0 Å². The van der Waals surface area contributed by atoms with Crippen molar-refractivity contribution in [1.29, 1.82) is 0 Å². The number of nitrogens with zero attached hydrogens (tertiary/aromatic N) is 4. The van der Waals surface area contributed by atoms with Gasteiger partial charge in [-0.3, -0.25) is 15.0 Å². The van der Waals surface area contributed by atoms with E-state index >= 15 is 0 Å². The lowest BCUT2D eigenvalue weighted by molar-refractivity contribution is -0.385. The van der Waals surface area contributed by atoms with Crippen LogP contribution in [-0.4, -0.2) is 54.2 Å². The molecule has 2 aliphatic heterocycles. The quantitative estimate of drug-likeness (QED) is 0.613. The van der Waals surface area contributed by atoms with Gasteiger partial charge in [0.25, 0.3) is 5.69 Å². The second-order valence-electron chi connectivity index (χ2n) is 6.37. The molecule has 136 valence electrons. The number of ether oxygens (including phenoxy) is 2. The molecular weight excluding hydrogens is 336 g/mol. The van der Waals surface area contributed by atoms with Crippen LogP contribution in [0.4, 0.5) is 11.5 Å². The molecule has 1 aromatic carbocycles. The summed E-state index contributed by atoms with van der Waals surface area (Å²) in [4.78, 5) is 19.0. The van der Waals surface area contributed by atoms with E-state index in [-0.39, 0.29) is 5.69 Å². The molecule has 0 atom stereocenters. The van der Waals surface area contributed by atoms with E-state index < -0.39 is 4.92 Å². The van der Waals surface area contributed by atoms with E-state index in [0.29, 0.717) is 13.2 Å². The van der Waals surface area contributed by atoms with E-state index in [1.165, 1.54) is 17.8 Å². The topological polar surface area (TPSA) is 81.0 Å². The summed E-state index contributed by atoms with van der Waals surface area (Å²) in [6.07, 6.45) is 1.32. The molecule has 0 amide bonds. The van der Waals surface area contributed by atoms with Crippen LogP contribution in [0.2, 0.25) is 0 Å². The number of pyridine rings is 1. The zero-order valence-corrected chi connectivity index (χ0v) is 14.3. The summed E-state index contributed by atoms with van der Waals surface area (Å²) in [6.45, 7) is 5.56. The van der Waals surface area contributed by atoms with Gasteiger partial charge in [-0.15, -0.1) is 0 Å².